The van der Waals surface area contributed by atoms with Crippen LogP contribution in [0.1, 0.15) is 63.5 Å². The molecule has 0 radical (unpaired) electrons. The third kappa shape index (κ3) is 4.13. The molecule has 30 heavy (non-hydrogen) atoms. The van der Waals surface area contributed by atoms with Crippen molar-refractivity contribution in [2.24, 2.45) is 16.3 Å². The smallest absolute Gasteiger partial charge is 0.336 e. The normalized spacial score (nSPS) is 28.2. The molecule has 2 aliphatic heterocycles. The molecular formula is C25H31NO4. The highest BCUT2D eigenvalue weighted by Crippen LogP contribution is 2.47. The Bertz CT molecular complexity index is 921. The van der Waals surface area contributed by atoms with Crippen LogP contribution in [-0.4, -0.2) is 36.8 Å². The van der Waals surface area contributed by atoms with Crippen molar-refractivity contribution in [3.63, 3.8) is 0 Å². The van der Waals surface area contributed by atoms with Crippen LogP contribution in [0.25, 0.3) is 0 Å². The molecule has 2 fully saturated rings. The molecule has 3 atom stereocenters. The molecule has 3 aliphatic rings. The second-order valence-electron chi connectivity index (χ2n) is 9.69. The number of carbonyl (C=O) groups excluding carboxylic acids is 2. The SMILES string of the molecule is CC1=C(C(=O)OC[C@@H]2CCCO2)[C@H](c2cccc(C)c2)C2C(=O)CC(C)(C)CC2=N1. The number of carbonyl (C=O) groups is 2. The average Bonchev–Trinajstić information content (AvgIpc) is 3.17. The molecule has 1 aromatic rings. The number of aliphatic imine (C=N–C) groups is 1. The topological polar surface area (TPSA) is 65.0 Å². The summed E-state index contributed by atoms with van der Waals surface area (Å²) in [5.41, 5.74) is 4.04. The molecule has 1 unspecified atom stereocenters. The van der Waals surface area contributed by atoms with Gasteiger partial charge in [-0.1, -0.05) is 43.7 Å². The lowest BCUT2D eigenvalue weighted by molar-refractivity contribution is -0.142. The van der Waals surface area contributed by atoms with E-state index in [-0.39, 0.29) is 35.8 Å². The summed E-state index contributed by atoms with van der Waals surface area (Å²) in [5, 5.41) is 0. The number of benzene rings is 1. The van der Waals surface area contributed by atoms with Gasteiger partial charge in [0.15, 0.2) is 0 Å². The Balaban J connectivity index is 1.72. The number of ketones is 1. The number of allylic oxidation sites excluding steroid dienone is 1. The highest BCUT2D eigenvalue weighted by molar-refractivity contribution is 6.12. The fourth-order valence-corrected chi connectivity index (χ4v) is 5.10. The molecule has 1 saturated carbocycles. The maximum atomic E-state index is 13.3. The Morgan fingerprint density at radius 1 is 1.23 bits per heavy atom. The molecule has 0 amide bonds. The fraction of sp³-hybridized carbons (Fsp3) is 0.560. The quantitative estimate of drug-likeness (QED) is 0.685. The molecule has 5 heteroatoms. The van der Waals surface area contributed by atoms with Crippen molar-refractivity contribution in [3.05, 3.63) is 46.7 Å². The molecular weight excluding hydrogens is 378 g/mol. The van der Waals surface area contributed by atoms with Crippen LogP contribution in [0, 0.1) is 18.3 Å². The van der Waals surface area contributed by atoms with Gasteiger partial charge in [0.1, 0.15) is 12.4 Å². The molecule has 0 spiro atoms. The molecule has 160 valence electrons. The van der Waals surface area contributed by atoms with Crippen molar-refractivity contribution in [3.8, 4) is 0 Å². The monoisotopic (exact) mass is 409 g/mol. The Labute approximate surface area is 178 Å². The van der Waals surface area contributed by atoms with Crippen LogP contribution in [0.15, 0.2) is 40.5 Å². The van der Waals surface area contributed by atoms with Gasteiger partial charge in [-0.15, -0.1) is 0 Å². The zero-order valence-electron chi connectivity index (χ0n) is 18.4. The largest absolute Gasteiger partial charge is 0.460 e. The van der Waals surface area contributed by atoms with Gasteiger partial charge in [-0.25, -0.2) is 4.79 Å². The van der Waals surface area contributed by atoms with E-state index in [1.807, 2.05) is 32.0 Å². The van der Waals surface area contributed by atoms with Gasteiger partial charge in [-0.2, -0.15) is 0 Å². The third-order valence-electron chi connectivity index (χ3n) is 6.41. The zero-order valence-corrected chi connectivity index (χ0v) is 18.4. The Morgan fingerprint density at radius 2 is 2.03 bits per heavy atom. The van der Waals surface area contributed by atoms with Gasteiger partial charge in [-0.05, 0) is 44.1 Å². The molecule has 1 aromatic carbocycles. The van der Waals surface area contributed by atoms with Crippen LogP contribution in [0.4, 0.5) is 0 Å². The number of esters is 1. The number of aryl methyl sites for hydroxylation is 1. The third-order valence-corrected chi connectivity index (χ3v) is 6.41. The predicted octanol–water partition coefficient (Wildman–Crippen LogP) is 4.53. The standard InChI is InChI=1S/C25H31NO4/c1-15-7-5-8-17(11-15)22-21(24(28)30-14-18-9-6-10-29-18)16(2)26-19-12-25(3,4)13-20(27)23(19)22/h5,7-8,11,18,22-23H,6,9-10,12-14H2,1-4H3/t18-,22-,23?/m0/s1. The predicted molar refractivity (Wildman–Crippen MR) is 116 cm³/mol. The summed E-state index contributed by atoms with van der Waals surface area (Å²) in [6, 6.07) is 8.09. The van der Waals surface area contributed by atoms with Gasteiger partial charge in [-0.3, -0.25) is 9.79 Å². The van der Waals surface area contributed by atoms with E-state index in [4.69, 9.17) is 14.5 Å². The van der Waals surface area contributed by atoms with Crippen molar-refractivity contribution in [2.75, 3.05) is 13.2 Å². The summed E-state index contributed by atoms with van der Waals surface area (Å²) in [5.74, 6) is -0.963. The first-order chi connectivity index (χ1) is 14.2. The lowest BCUT2D eigenvalue weighted by atomic mass is 9.63. The van der Waals surface area contributed by atoms with Gasteiger partial charge in [0.25, 0.3) is 0 Å². The number of ether oxygens (including phenoxy) is 2. The molecule has 0 bridgehead atoms. The number of hydrogen-bond acceptors (Lipinski definition) is 5. The first kappa shape index (κ1) is 21.0. The van der Waals surface area contributed by atoms with E-state index in [0.29, 0.717) is 17.7 Å². The molecule has 2 heterocycles. The molecule has 0 aromatic heterocycles. The molecule has 1 aliphatic carbocycles. The molecule has 4 rings (SSSR count). The Hall–Kier alpha value is -2.27. The van der Waals surface area contributed by atoms with Crippen molar-refractivity contribution >= 4 is 17.5 Å². The van der Waals surface area contributed by atoms with Gasteiger partial charge >= 0.3 is 5.97 Å². The summed E-state index contributed by atoms with van der Waals surface area (Å²) in [6.45, 7) is 9.07. The summed E-state index contributed by atoms with van der Waals surface area (Å²) < 4.78 is 11.3. The van der Waals surface area contributed by atoms with Crippen LogP contribution >= 0.6 is 0 Å². The van der Waals surface area contributed by atoms with E-state index >= 15 is 0 Å². The van der Waals surface area contributed by atoms with E-state index in [1.165, 1.54) is 0 Å². The fourth-order valence-electron chi connectivity index (χ4n) is 5.10. The van der Waals surface area contributed by atoms with Crippen molar-refractivity contribution < 1.29 is 19.1 Å². The minimum Gasteiger partial charge on any atom is -0.460 e. The van der Waals surface area contributed by atoms with Crippen molar-refractivity contribution in [1.82, 2.24) is 0 Å². The van der Waals surface area contributed by atoms with Crippen LogP contribution in [-0.2, 0) is 19.1 Å². The highest BCUT2D eigenvalue weighted by atomic mass is 16.6. The van der Waals surface area contributed by atoms with Gasteiger partial charge in [0.2, 0.25) is 0 Å². The number of Topliss-reactive ketones (excluding diaryl/α,β-unsaturated/α-hetero) is 1. The lowest BCUT2D eigenvalue weighted by Crippen LogP contribution is -2.44. The number of rotatable bonds is 4. The first-order valence-corrected chi connectivity index (χ1v) is 10.9. The summed E-state index contributed by atoms with van der Waals surface area (Å²) in [6.07, 6.45) is 3.13. The van der Waals surface area contributed by atoms with Crippen LogP contribution in [0.3, 0.4) is 0 Å². The van der Waals surface area contributed by atoms with Crippen LogP contribution in [0.5, 0.6) is 0 Å². The first-order valence-electron chi connectivity index (χ1n) is 10.9. The molecule has 1 saturated heterocycles. The van der Waals surface area contributed by atoms with E-state index in [1.54, 1.807) is 0 Å². The van der Waals surface area contributed by atoms with Crippen molar-refractivity contribution in [2.45, 2.75) is 65.4 Å². The minimum atomic E-state index is -0.395. The highest BCUT2D eigenvalue weighted by Gasteiger charge is 2.47. The maximum Gasteiger partial charge on any atom is 0.336 e. The molecule has 0 N–H and O–H groups in total. The Kier molecular flexibility index (Phi) is 5.67. The number of nitrogens with zero attached hydrogens (tertiary/aromatic N) is 1. The summed E-state index contributed by atoms with van der Waals surface area (Å²) in [7, 11) is 0. The Morgan fingerprint density at radius 3 is 2.73 bits per heavy atom. The lowest BCUT2D eigenvalue weighted by Gasteiger charge is -2.41. The summed E-state index contributed by atoms with van der Waals surface area (Å²) >= 11 is 0. The van der Waals surface area contributed by atoms with Crippen LogP contribution in [0.2, 0.25) is 0 Å². The van der Waals surface area contributed by atoms with E-state index in [9.17, 15) is 9.59 Å². The summed E-state index contributed by atoms with van der Waals surface area (Å²) in [4.78, 5) is 31.3. The van der Waals surface area contributed by atoms with E-state index < -0.39 is 5.92 Å². The van der Waals surface area contributed by atoms with Gasteiger partial charge < -0.3 is 9.47 Å². The minimum absolute atomic E-state index is 0.0351. The second-order valence-corrected chi connectivity index (χ2v) is 9.69. The van der Waals surface area contributed by atoms with Gasteiger partial charge in [0.05, 0.1) is 17.6 Å². The number of hydrogen-bond donors (Lipinski definition) is 0. The van der Waals surface area contributed by atoms with Crippen LogP contribution < -0.4 is 0 Å². The average molecular weight is 410 g/mol. The zero-order chi connectivity index (χ0) is 21.5. The number of fused-ring (bicyclic) bond motifs is 1. The molecule has 5 nitrogen and oxygen atoms in total. The maximum absolute atomic E-state index is 13.3. The van der Waals surface area contributed by atoms with E-state index in [0.717, 1.165) is 42.7 Å². The van der Waals surface area contributed by atoms with E-state index in [2.05, 4.69) is 19.9 Å². The van der Waals surface area contributed by atoms with Crippen molar-refractivity contribution in [1.29, 1.82) is 0 Å². The second kappa shape index (κ2) is 8.10. The van der Waals surface area contributed by atoms with Gasteiger partial charge in [0, 0.05) is 30.4 Å².